The zero-order chi connectivity index (χ0) is 21.4. The molecule has 158 valence electrons. The van der Waals surface area contributed by atoms with Crippen LogP contribution in [0.4, 0.5) is 20.4 Å². The van der Waals surface area contributed by atoms with Gasteiger partial charge in [-0.15, -0.1) is 0 Å². The minimum absolute atomic E-state index is 0.307. The first-order valence-corrected chi connectivity index (χ1v) is 10.1. The van der Waals surface area contributed by atoms with Crippen LogP contribution in [-0.2, 0) is 6.54 Å². The number of imidazole rings is 1. The predicted molar refractivity (Wildman–Crippen MR) is 112 cm³/mol. The van der Waals surface area contributed by atoms with Crippen molar-refractivity contribution in [3.63, 3.8) is 0 Å². The van der Waals surface area contributed by atoms with Gasteiger partial charge < -0.3 is 15.2 Å². The molecule has 1 fully saturated rings. The monoisotopic (exact) mass is 422 g/mol. The van der Waals surface area contributed by atoms with Gasteiger partial charge in [0.05, 0.1) is 24.8 Å². The maximum Gasteiger partial charge on any atom is 0.165 e. The Hall–Kier alpha value is -3.69. The van der Waals surface area contributed by atoms with Crippen LogP contribution in [-0.4, -0.2) is 42.6 Å². The molecule has 0 atom stereocenters. The average Bonchev–Trinajstić information content (AvgIpc) is 3.20. The van der Waals surface area contributed by atoms with Gasteiger partial charge in [0.25, 0.3) is 0 Å². The van der Waals surface area contributed by atoms with Gasteiger partial charge in [0, 0.05) is 18.7 Å². The number of hydrogen-bond acceptors (Lipinski definition) is 7. The maximum absolute atomic E-state index is 13.8. The smallest absolute Gasteiger partial charge is 0.165 e. The predicted octanol–water partition coefficient (Wildman–Crippen LogP) is 3.18. The van der Waals surface area contributed by atoms with Crippen molar-refractivity contribution in [1.29, 1.82) is 0 Å². The molecule has 1 aliphatic heterocycles. The summed E-state index contributed by atoms with van der Waals surface area (Å²) in [7, 11) is 0. The number of aromatic nitrogens is 6. The lowest BCUT2D eigenvalue weighted by Crippen LogP contribution is -2.31. The third-order valence-electron chi connectivity index (χ3n) is 5.44. The molecule has 31 heavy (non-hydrogen) atoms. The van der Waals surface area contributed by atoms with Crippen molar-refractivity contribution in [3.05, 3.63) is 54.4 Å². The Kier molecular flexibility index (Phi) is 4.89. The van der Waals surface area contributed by atoms with Crippen LogP contribution >= 0.6 is 0 Å². The molecule has 4 aromatic rings. The molecule has 1 saturated heterocycles. The van der Waals surface area contributed by atoms with E-state index in [-0.39, 0.29) is 0 Å². The third-order valence-corrected chi connectivity index (χ3v) is 5.44. The quantitative estimate of drug-likeness (QED) is 0.539. The number of anilines is 2. The van der Waals surface area contributed by atoms with Crippen LogP contribution in [0.3, 0.4) is 0 Å². The number of nitrogen functional groups attached to an aromatic ring is 1. The summed E-state index contributed by atoms with van der Waals surface area (Å²) in [6, 6.07) is 3.71. The molecule has 0 radical (unpaired) electrons. The number of halogens is 2. The molecule has 0 spiro atoms. The van der Waals surface area contributed by atoms with Gasteiger partial charge in [-0.3, -0.25) is 0 Å². The van der Waals surface area contributed by atoms with E-state index in [0.717, 1.165) is 43.9 Å². The summed E-state index contributed by atoms with van der Waals surface area (Å²) in [5.74, 6) is -0.741. The van der Waals surface area contributed by atoms with Crippen LogP contribution in [0.5, 0.6) is 0 Å². The molecule has 3 aromatic heterocycles. The van der Waals surface area contributed by atoms with Crippen molar-refractivity contribution < 1.29 is 8.78 Å². The highest BCUT2D eigenvalue weighted by Gasteiger charge is 2.20. The van der Waals surface area contributed by atoms with Crippen LogP contribution in [0.2, 0.25) is 0 Å². The van der Waals surface area contributed by atoms with Crippen LogP contribution in [0, 0.1) is 11.6 Å². The van der Waals surface area contributed by atoms with E-state index in [1.54, 1.807) is 12.5 Å². The normalized spacial score (nSPS) is 14.3. The molecular formula is C21H20F2N8. The second kappa shape index (κ2) is 7.86. The lowest BCUT2D eigenvalue weighted by Gasteiger charge is -2.29. The maximum atomic E-state index is 13.8. The number of benzene rings is 1. The molecule has 0 aliphatic carbocycles. The van der Waals surface area contributed by atoms with Gasteiger partial charge in [0.2, 0.25) is 0 Å². The lowest BCUT2D eigenvalue weighted by atomic mass is 10.1. The standard InChI is InChI=1S/C21H20F2N8/c22-14-5-4-13(8-15(14)23)16-9-25-20(30-6-2-1-3-7-30)17(29-16)10-31-12-28-18-19(24)26-11-27-21(18)31/h4-5,8-9,11-12H,1-3,6-7,10H2,(H2,24,26,27). The average molecular weight is 422 g/mol. The largest absolute Gasteiger partial charge is 0.382 e. The molecule has 1 aliphatic rings. The van der Waals surface area contributed by atoms with Crippen molar-refractivity contribution in [1.82, 2.24) is 29.5 Å². The van der Waals surface area contributed by atoms with Crippen molar-refractivity contribution in [2.45, 2.75) is 25.8 Å². The summed E-state index contributed by atoms with van der Waals surface area (Å²) in [5.41, 5.74) is 8.64. The summed E-state index contributed by atoms with van der Waals surface area (Å²) in [6.07, 6.45) is 8.00. The van der Waals surface area contributed by atoms with Gasteiger partial charge in [-0.1, -0.05) is 0 Å². The Morgan fingerprint density at radius 3 is 2.61 bits per heavy atom. The van der Waals surface area contributed by atoms with E-state index in [2.05, 4.69) is 24.8 Å². The number of nitrogens with two attached hydrogens (primary N) is 1. The van der Waals surface area contributed by atoms with Gasteiger partial charge in [-0.05, 0) is 37.5 Å². The molecule has 10 heteroatoms. The van der Waals surface area contributed by atoms with Gasteiger partial charge >= 0.3 is 0 Å². The van der Waals surface area contributed by atoms with Gasteiger partial charge in [-0.2, -0.15) is 0 Å². The molecule has 8 nitrogen and oxygen atoms in total. The summed E-state index contributed by atoms with van der Waals surface area (Å²) in [6.45, 7) is 2.14. The Labute approximate surface area is 176 Å². The van der Waals surface area contributed by atoms with Crippen molar-refractivity contribution >= 4 is 22.8 Å². The second-order valence-corrected chi connectivity index (χ2v) is 7.51. The topological polar surface area (TPSA) is 98.6 Å². The van der Waals surface area contributed by atoms with Crippen LogP contribution in [0.25, 0.3) is 22.4 Å². The van der Waals surface area contributed by atoms with E-state index in [0.29, 0.717) is 40.5 Å². The number of fused-ring (bicyclic) bond motifs is 1. The second-order valence-electron chi connectivity index (χ2n) is 7.51. The SMILES string of the molecule is Nc1ncnc2c1ncn2Cc1nc(-c2ccc(F)c(F)c2)cnc1N1CCCCC1. The first-order valence-electron chi connectivity index (χ1n) is 10.1. The fraction of sp³-hybridized carbons (Fsp3) is 0.286. The number of rotatable bonds is 4. The minimum atomic E-state index is -0.922. The highest BCUT2D eigenvalue weighted by molar-refractivity contribution is 5.81. The van der Waals surface area contributed by atoms with Gasteiger partial charge in [0.1, 0.15) is 17.5 Å². The van der Waals surface area contributed by atoms with E-state index < -0.39 is 11.6 Å². The van der Waals surface area contributed by atoms with E-state index in [9.17, 15) is 8.78 Å². The van der Waals surface area contributed by atoms with E-state index in [4.69, 9.17) is 10.7 Å². The highest BCUT2D eigenvalue weighted by Crippen LogP contribution is 2.27. The molecule has 5 rings (SSSR count). The third kappa shape index (κ3) is 3.65. The molecule has 1 aromatic carbocycles. The first-order chi connectivity index (χ1) is 15.1. The molecule has 0 amide bonds. The molecule has 0 bridgehead atoms. The van der Waals surface area contributed by atoms with E-state index >= 15 is 0 Å². The van der Waals surface area contributed by atoms with E-state index in [1.165, 1.54) is 18.8 Å². The lowest BCUT2D eigenvalue weighted by molar-refractivity contribution is 0.509. The number of hydrogen-bond donors (Lipinski definition) is 1. The Morgan fingerprint density at radius 2 is 1.81 bits per heavy atom. The Morgan fingerprint density at radius 1 is 0.968 bits per heavy atom. The summed E-state index contributed by atoms with van der Waals surface area (Å²) >= 11 is 0. The summed E-state index contributed by atoms with van der Waals surface area (Å²) in [4.78, 5) is 24.2. The summed E-state index contributed by atoms with van der Waals surface area (Å²) < 4.78 is 29.0. The van der Waals surface area contributed by atoms with Gasteiger partial charge in [-0.25, -0.2) is 33.7 Å². The zero-order valence-corrected chi connectivity index (χ0v) is 16.7. The van der Waals surface area contributed by atoms with Crippen molar-refractivity contribution in [3.8, 4) is 11.3 Å². The van der Waals surface area contributed by atoms with E-state index in [1.807, 2.05) is 4.57 Å². The molecule has 2 N–H and O–H groups in total. The number of nitrogens with zero attached hydrogens (tertiary/aromatic N) is 7. The molecule has 0 saturated carbocycles. The van der Waals surface area contributed by atoms with Gasteiger partial charge in [0.15, 0.2) is 28.9 Å². The Balaban J connectivity index is 1.59. The van der Waals surface area contributed by atoms with Crippen LogP contribution < -0.4 is 10.6 Å². The highest BCUT2D eigenvalue weighted by atomic mass is 19.2. The zero-order valence-electron chi connectivity index (χ0n) is 16.7. The summed E-state index contributed by atoms with van der Waals surface area (Å²) in [5, 5.41) is 0. The van der Waals surface area contributed by atoms with Crippen molar-refractivity contribution in [2.75, 3.05) is 23.7 Å². The Bertz CT molecular complexity index is 1250. The van der Waals surface area contributed by atoms with Crippen LogP contribution in [0.15, 0.2) is 37.1 Å². The molecule has 0 unspecified atom stereocenters. The van der Waals surface area contributed by atoms with Crippen LogP contribution in [0.1, 0.15) is 25.0 Å². The molecule has 4 heterocycles. The fourth-order valence-electron chi connectivity index (χ4n) is 3.87. The molecular weight excluding hydrogens is 402 g/mol. The minimum Gasteiger partial charge on any atom is -0.382 e. The van der Waals surface area contributed by atoms with Crippen molar-refractivity contribution in [2.24, 2.45) is 0 Å². The first kappa shape index (κ1) is 19.3. The fourth-order valence-corrected chi connectivity index (χ4v) is 3.87. The number of piperidine rings is 1.